The van der Waals surface area contributed by atoms with Gasteiger partial charge >= 0.3 is 6.03 Å². The Labute approximate surface area is 240 Å². The van der Waals surface area contributed by atoms with E-state index < -0.39 is 0 Å². The SMILES string of the molecule is CCC1(c2cccc(N3CCCN(CC4CCN(c5ccc(N)cc5F)CC4)C3=O)c2)CNc2nccc(Cl)c21. The third-order valence-corrected chi connectivity index (χ3v) is 9.28. The lowest BCUT2D eigenvalue weighted by molar-refractivity contribution is 0.178. The van der Waals surface area contributed by atoms with Crippen molar-refractivity contribution in [2.75, 3.05) is 60.1 Å². The van der Waals surface area contributed by atoms with Crippen LogP contribution in [0.15, 0.2) is 54.7 Å². The van der Waals surface area contributed by atoms with E-state index >= 15 is 0 Å². The average Bonchev–Trinajstić information content (AvgIpc) is 3.36. The van der Waals surface area contributed by atoms with Crippen LogP contribution in [0.3, 0.4) is 0 Å². The van der Waals surface area contributed by atoms with Crippen LogP contribution in [0.4, 0.5) is 32.1 Å². The Morgan fingerprint density at radius 3 is 2.73 bits per heavy atom. The largest absolute Gasteiger partial charge is 0.399 e. The molecule has 2 saturated heterocycles. The zero-order chi connectivity index (χ0) is 27.9. The van der Waals surface area contributed by atoms with Gasteiger partial charge in [0.2, 0.25) is 0 Å². The first kappa shape index (κ1) is 26.7. The summed E-state index contributed by atoms with van der Waals surface area (Å²) in [5.41, 5.74) is 9.55. The van der Waals surface area contributed by atoms with E-state index in [1.54, 1.807) is 18.3 Å². The number of anilines is 4. The molecule has 0 radical (unpaired) electrons. The van der Waals surface area contributed by atoms with Crippen molar-refractivity contribution in [1.82, 2.24) is 9.88 Å². The second-order valence-corrected chi connectivity index (χ2v) is 11.6. The molecule has 3 aliphatic rings. The normalized spacial score (nSPS) is 21.5. The molecule has 40 heavy (non-hydrogen) atoms. The highest BCUT2D eigenvalue weighted by Crippen LogP contribution is 2.47. The number of nitrogen functional groups attached to an aromatic ring is 1. The Balaban J connectivity index is 1.15. The van der Waals surface area contributed by atoms with Crippen LogP contribution in [0.1, 0.15) is 43.7 Å². The Hall–Kier alpha value is -3.52. The second-order valence-electron chi connectivity index (χ2n) is 11.2. The van der Waals surface area contributed by atoms with Gasteiger partial charge in [-0.2, -0.15) is 0 Å². The summed E-state index contributed by atoms with van der Waals surface area (Å²) in [6.07, 6.45) is 5.36. The summed E-state index contributed by atoms with van der Waals surface area (Å²) in [4.78, 5) is 24.3. The molecular formula is C31H36ClFN6O. The first-order valence-corrected chi connectivity index (χ1v) is 14.6. The van der Waals surface area contributed by atoms with Gasteiger partial charge in [0.25, 0.3) is 0 Å². The Morgan fingerprint density at radius 1 is 1.12 bits per heavy atom. The van der Waals surface area contributed by atoms with Crippen LogP contribution >= 0.6 is 11.6 Å². The van der Waals surface area contributed by atoms with Crippen LogP contribution in [0.5, 0.6) is 0 Å². The van der Waals surface area contributed by atoms with Crippen LogP contribution in [0, 0.1) is 11.7 Å². The first-order chi connectivity index (χ1) is 19.4. The molecule has 6 rings (SSSR count). The number of nitrogens with zero attached hydrogens (tertiary/aromatic N) is 4. The summed E-state index contributed by atoms with van der Waals surface area (Å²) in [6, 6.07) is 15.2. The fraction of sp³-hybridized carbons (Fsp3) is 0.419. The molecule has 2 fully saturated rings. The molecule has 1 aromatic heterocycles. The van der Waals surface area contributed by atoms with Gasteiger partial charge in [-0.3, -0.25) is 4.90 Å². The Morgan fingerprint density at radius 2 is 1.95 bits per heavy atom. The summed E-state index contributed by atoms with van der Waals surface area (Å²) < 4.78 is 14.4. The number of aromatic nitrogens is 1. The third kappa shape index (κ3) is 4.72. The number of halogens is 2. The predicted octanol–water partition coefficient (Wildman–Crippen LogP) is 6.13. The quantitative estimate of drug-likeness (QED) is 0.354. The van der Waals surface area contributed by atoms with E-state index in [4.69, 9.17) is 17.3 Å². The maximum Gasteiger partial charge on any atom is 0.324 e. The van der Waals surface area contributed by atoms with Crippen molar-refractivity contribution in [3.05, 3.63) is 76.7 Å². The number of piperidine rings is 1. The van der Waals surface area contributed by atoms with Gasteiger partial charge in [0.15, 0.2) is 0 Å². The lowest BCUT2D eigenvalue weighted by atomic mass is 9.74. The van der Waals surface area contributed by atoms with E-state index in [0.717, 1.165) is 81.0 Å². The molecule has 3 N–H and O–H groups in total. The number of fused-ring (bicyclic) bond motifs is 1. The fourth-order valence-electron chi connectivity index (χ4n) is 6.71. The number of nitrogens with one attached hydrogen (secondary N) is 1. The standard InChI is InChI=1S/C31H36ClFN6O/c1-2-31(20-36-29-28(31)25(32)9-12-35-29)22-5-3-6-24(17-22)39-14-4-13-38(30(39)40)19-21-10-15-37(16-11-21)27-8-7-23(34)18-26(27)33/h3,5-9,12,17-18,21H,2,4,10-11,13-16,19-20,34H2,1H3,(H,35,36). The van der Waals surface area contributed by atoms with Crippen LogP contribution in [-0.2, 0) is 5.41 Å². The molecule has 2 aromatic carbocycles. The third-order valence-electron chi connectivity index (χ3n) is 8.97. The van der Waals surface area contributed by atoms with Crippen molar-refractivity contribution in [2.24, 2.45) is 5.92 Å². The van der Waals surface area contributed by atoms with Gasteiger partial charge in [-0.25, -0.2) is 14.2 Å². The monoisotopic (exact) mass is 562 g/mol. The Bertz CT molecular complexity index is 1410. The van der Waals surface area contributed by atoms with Crippen LogP contribution in [-0.4, -0.2) is 55.2 Å². The predicted molar refractivity (Wildman–Crippen MR) is 160 cm³/mol. The van der Waals surface area contributed by atoms with Crippen molar-refractivity contribution in [1.29, 1.82) is 0 Å². The van der Waals surface area contributed by atoms with Gasteiger partial charge in [0.05, 0.1) is 5.69 Å². The van der Waals surface area contributed by atoms with E-state index in [1.165, 1.54) is 6.07 Å². The van der Waals surface area contributed by atoms with E-state index in [9.17, 15) is 9.18 Å². The van der Waals surface area contributed by atoms with Crippen molar-refractivity contribution >= 4 is 40.5 Å². The van der Waals surface area contributed by atoms with E-state index in [0.29, 0.717) is 28.9 Å². The van der Waals surface area contributed by atoms with Gasteiger partial charge in [0.1, 0.15) is 11.6 Å². The average molecular weight is 563 g/mol. The summed E-state index contributed by atoms with van der Waals surface area (Å²) in [5.74, 6) is 0.954. The number of hydrogen-bond acceptors (Lipinski definition) is 5. The zero-order valence-electron chi connectivity index (χ0n) is 22.9. The zero-order valence-corrected chi connectivity index (χ0v) is 23.6. The topological polar surface area (TPSA) is 77.7 Å². The molecule has 0 spiro atoms. The van der Waals surface area contributed by atoms with Gasteiger partial charge in [-0.1, -0.05) is 30.7 Å². The van der Waals surface area contributed by atoms with Gasteiger partial charge < -0.3 is 20.9 Å². The molecule has 0 aliphatic carbocycles. The van der Waals surface area contributed by atoms with E-state index in [2.05, 4.69) is 34.3 Å². The van der Waals surface area contributed by atoms with E-state index in [1.807, 2.05) is 28.0 Å². The van der Waals surface area contributed by atoms with Crippen molar-refractivity contribution < 1.29 is 9.18 Å². The van der Waals surface area contributed by atoms with Gasteiger partial charge in [-0.15, -0.1) is 0 Å². The van der Waals surface area contributed by atoms with Crippen LogP contribution < -0.4 is 20.9 Å². The number of carbonyl (C=O) groups excluding carboxylic acids is 1. The highest BCUT2D eigenvalue weighted by Gasteiger charge is 2.42. The smallest absolute Gasteiger partial charge is 0.324 e. The summed E-state index contributed by atoms with van der Waals surface area (Å²) in [5, 5.41) is 4.16. The number of pyridine rings is 1. The number of amides is 2. The van der Waals surface area contributed by atoms with Crippen molar-refractivity contribution in [3.63, 3.8) is 0 Å². The number of carbonyl (C=O) groups is 1. The fourth-order valence-corrected chi connectivity index (χ4v) is 7.04. The highest BCUT2D eigenvalue weighted by molar-refractivity contribution is 6.32. The highest BCUT2D eigenvalue weighted by atomic mass is 35.5. The maximum absolute atomic E-state index is 14.4. The molecule has 7 nitrogen and oxygen atoms in total. The molecule has 9 heteroatoms. The lowest BCUT2D eigenvalue weighted by Crippen LogP contribution is -2.51. The molecule has 3 aliphatic heterocycles. The maximum atomic E-state index is 14.4. The second kappa shape index (κ2) is 10.8. The number of hydrogen-bond donors (Lipinski definition) is 2. The summed E-state index contributed by atoms with van der Waals surface area (Å²) >= 11 is 6.69. The summed E-state index contributed by atoms with van der Waals surface area (Å²) in [7, 11) is 0. The molecule has 0 saturated carbocycles. The minimum absolute atomic E-state index is 0.0607. The minimum atomic E-state index is -0.298. The number of benzene rings is 2. The number of rotatable bonds is 6. The Kier molecular flexibility index (Phi) is 7.21. The molecule has 210 valence electrons. The van der Waals surface area contributed by atoms with Crippen molar-refractivity contribution in [3.8, 4) is 0 Å². The first-order valence-electron chi connectivity index (χ1n) is 14.3. The van der Waals surface area contributed by atoms with Crippen LogP contribution in [0.25, 0.3) is 0 Å². The summed E-state index contributed by atoms with van der Waals surface area (Å²) in [6.45, 7) is 6.62. The number of nitrogens with two attached hydrogens (primary N) is 1. The van der Waals surface area contributed by atoms with Crippen molar-refractivity contribution in [2.45, 2.75) is 38.0 Å². The molecule has 1 unspecified atom stereocenters. The van der Waals surface area contributed by atoms with E-state index in [-0.39, 0.29) is 17.3 Å². The molecule has 4 heterocycles. The van der Waals surface area contributed by atoms with Gasteiger partial charge in [-0.05, 0) is 73.6 Å². The molecule has 1 atom stereocenters. The number of urea groups is 1. The molecule has 0 bridgehead atoms. The minimum Gasteiger partial charge on any atom is -0.399 e. The molecule has 3 aromatic rings. The lowest BCUT2D eigenvalue weighted by Gasteiger charge is -2.40. The van der Waals surface area contributed by atoms with Crippen LogP contribution in [0.2, 0.25) is 5.02 Å². The molecular weight excluding hydrogens is 527 g/mol. The molecule has 2 amide bonds. The van der Waals surface area contributed by atoms with Gasteiger partial charge in [0, 0.05) is 72.8 Å².